The highest BCUT2D eigenvalue weighted by Crippen LogP contribution is 2.30. The van der Waals surface area contributed by atoms with Gasteiger partial charge in [-0.3, -0.25) is 0 Å². The van der Waals surface area contributed by atoms with Crippen molar-refractivity contribution >= 4 is 0 Å². The minimum atomic E-state index is 0.0850. The van der Waals surface area contributed by atoms with Crippen LogP contribution in [0.3, 0.4) is 0 Å². The maximum absolute atomic E-state index is 5.92. The molecule has 0 spiro atoms. The molecular weight excluding hydrogens is 164 g/mol. The van der Waals surface area contributed by atoms with Crippen LogP contribution in [0, 0.1) is 6.92 Å². The van der Waals surface area contributed by atoms with Crippen molar-refractivity contribution in [2.45, 2.75) is 31.8 Å². The maximum atomic E-state index is 5.92. The number of nitrogens with one attached hydrogen (secondary N) is 1. The summed E-state index contributed by atoms with van der Waals surface area (Å²) in [6.07, 6.45) is 2.30. The van der Waals surface area contributed by atoms with Crippen LogP contribution >= 0.6 is 0 Å². The topological polar surface area (TPSA) is 51.2 Å². The summed E-state index contributed by atoms with van der Waals surface area (Å²) in [5, 5.41) is 3.30. The standard InChI is InChI=1S/C10H16N2O/c1-8-2-3-9(13-8)6-12-7-10(11)4-5-10/h2-3,12H,4-7,11H2,1H3. The molecule has 1 aromatic rings. The SMILES string of the molecule is Cc1ccc(CNCC2(N)CC2)o1. The Kier molecular flexibility index (Phi) is 2.14. The Morgan fingerprint density at radius 3 is 2.85 bits per heavy atom. The molecule has 0 unspecified atom stereocenters. The zero-order valence-corrected chi connectivity index (χ0v) is 7.97. The second-order valence-electron chi connectivity index (χ2n) is 3.98. The molecule has 1 saturated carbocycles. The largest absolute Gasteiger partial charge is 0.465 e. The van der Waals surface area contributed by atoms with Gasteiger partial charge in [-0.2, -0.15) is 0 Å². The number of hydrogen-bond acceptors (Lipinski definition) is 3. The van der Waals surface area contributed by atoms with Gasteiger partial charge >= 0.3 is 0 Å². The predicted molar refractivity (Wildman–Crippen MR) is 51.3 cm³/mol. The summed E-state index contributed by atoms with van der Waals surface area (Å²) in [7, 11) is 0. The van der Waals surface area contributed by atoms with E-state index in [1.165, 1.54) is 0 Å². The molecule has 2 rings (SSSR count). The molecule has 1 aromatic heterocycles. The first-order valence-corrected chi connectivity index (χ1v) is 4.73. The van der Waals surface area contributed by atoms with Crippen molar-refractivity contribution in [2.24, 2.45) is 5.73 Å². The van der Waals surface area contributed by atoms with Crippen LogP contribution in [0.4, 0.5) is 0 Å². The quantitative estimate of drug-likeness (QED) is 0.731. The molecule has 3 nitrogen and oxygen atoms in total. The van der Waals surface area contributed by atoms with Crippen molar-refractivity contribution in [3.63, 3.8) is 0 Å². The molecule has 0 aromatic carbocycles. The van der Waals surface area contributed by atoms with Crippen LogP contribution in [0.1, 0.15) is 24.4 Å². The molecular formula is C10H16N2O. The summed E-state index contributed by atoms with van der Waals surface area (Å²) < 4.78 is 5.42. The second kappa shape index (κ2) is 3.16. The van der Waals surface area contributed by atoms with Crippen molar-refractivity contribution in [3.8, 4) is 0 Å². The predicted octanol–water partition coefficient (Wildman–Crippen LogP) is 1.17. The lowest BCUT2D eigenvalue weighted by Gasteiger charge is -2.08. The molecule has 0 saturated heterocycles. The van der Waals surface area contributed by atoms with Gasteiger partial charge in [0, 0.05) is 12.1 Å². The van der Waals surface area contributed by atoms with Crippen LogP contribution in [0.5, 0.6) is 0 Å². The lowest BCUT2D eigenvalue weighted by atomic mass is 10.3. The molecule has 0 atom stereocenters. The molecule has 3 N–H and O–H groups in total. The molecule has 1 fully saturated rings. The first-order chi connectivity index (χ1) is 6.18. The van der Waals surface area contributed by atoms with Gasteiger partial charge in [0.15, 0.2) is 0 Å². The highest BCUT2D eigenvalue weighted by atomic mass is 16.3. The van der Waals surface area contributed by atoms with Crippen molar-refractivity contribution in [1.29, 1.82) is 0 Å². The number of hydrogen-bond donors (Lipinski definition) is 2. The third-order valence-electron chi connectivity index (χ3n) is 2.46. The molecule has 0 radical (unpaired) electrons. The van der Waals surface area contributed by atoms with E-state index in [0.717, 1.165) is 37.5 Å². The Hall–Kier alpha value is -0.800. The van der Waals surface area contributed by atoms with Gasteiger partial charge in [0.2, 0.25) is 0 Å². The van der Waals surface area contributed by atoms with Crippen LogP contribution in [0.15, 0.2) is 16.5 Å². The minimum absolute atomic E-state index is 0.0850. The van der Waals surface area contributed by atoms with E-state index in [2.05, 4.69) is 5.32 Å². The van der Waals surface area contributed by atoms with Crippen LogP contribution in [0.25, 0.3) is 0 Å². The molecule has 72 valence electrons. The Labute approximate surface area is 78.3 Å². The van der Waals surface area contributed by atoms with Crippen molar-refractivity contribution in [1.82, 2.24) is 5.32 Å². The van der Waals surface area contributed by atoms with Gasteiger partial charge in [0.25, 0.3) is 0 Å². The van der Waals surface area contributed by atoms with E-state index in [4.69, 9.17) is 10.2 Å². The average Bonchev–Trinajstić information content (AvgIpc) is 2.65. The molecule has 1 aliphatic carbocycles. The molecule has 13 heavy (non-hydrogen) atoms. The average molecular weight is 180 g/mol. The molecule has 0 aliphatic heterocycles. The monoisotopic (exact) mass is 180 g/mol. The van der Waals surface area contributed by atoms with Gasteiger partial charge in [-0.05, 0) is 31.9 Å². The number of nitrogens with two attached hydrogens (primary N) is 1. The molecule has 3 heteroatoms. The highest BCUT2D eigenvalue weighted by Gasteiger charge is 2.37. The van der Waals surface area contributed by atoms with E-state index in [-0.39, 0.29) is 5.54 Å². The minimum Gasteiger partial charge on any atom is -0.465 e. The highest BCUT2D eigenvalue weighted by molar-refractivity contribution is 5.06. The van der Waals surface area contributed by atoms with E-state index in [1.54, 1.807) is 0 Å². The maximum Gasteiger partial charge on any atom is 0.117 e. The zero-order chi connectivity index (χ0) is 9.31. The molecule has 0 bridgehead atoms. The lowest BCUT2D eigenvalue weighted by molar-refractivity contribution is 0.451. The summed E-state index contributed by atoms with van der Waals surface area (Å²) in [5.41, 5.74) is 6.01. The van der Waals surface area contributed by atoms with Crippen LogP contribution in [-0.4, -0.2) is 12.1 Å². The summed E-state index contributed by atoms with van der Waals surface area (Å²) in [6.45, 7) is 3.63. The summed E-state index contributed by atoms with van der Waals surface area (Å²) in [6, 6.07) is 3.98. The summed E-state index contributed by atoms with van der Waals surface area (Å²) in [5.74, 6) is 1.95. The van der Waals surface area contributed by atoms with Crippen molar-refractivity contribution in [3.05, 3.63) is 23.7 Å². The lowest BCUT2D eigenvalue weighted by Crippen LogP contribution is -2.35. The van der Waals surface area contributed by atoms with E-state index < -0.39 is 0 Å². The normalized spacial score (nSPS) is 18.9. The zero-order valence-electron chi connectivity index (χ0n) is 7.97. The Morgan fingerprint density at radius 1 is 1.54 bits per heavy atom. The van der Waals surface area contributed by atoms with E-state index in [9.17, 15) is 0 Å². The van der Waals surface area contributed by atoms with E-state index in [0.29, 0.717) is 0 Å². The number of aryl methyl sites for hydroxylation is 1. The molecule has 0 amide bonds. The van der Waals surface area contributed by atoms with Crippen LogP contribution in [-0.2, 0) is 6.54 Å². The van der Waals surface area contributed by atoms with Gasteiger partial charge in [-0.15, -0.1) is 0 Å². The Morgan fingerprint density at radius 2 is 2.31 bits per heavy atom. The van der Waals surface area contributed by atoms with Crippen LogP contribution in [0.2, 0.25) is 0 Å². The number of rotatable bonds is 4. The van der Waals surface area contributed by atoms with Gasteiger partial charge in [0.1, 0.15) is 11.5 Å². The van der Waals surface area contributed by atoms with Crippen molar-refractivity contribution < 1.29 is 4.42 Å². The third kappa shape index (κ3) is 2.32. The van der Waals surface area contributed by atoms with Gasteiger partial charge in [-0.1, -0.05) is 0 Å². The van der Waals surface area contributed by atoms with E-state index >= 15 is 0 Å². The second-order valence-corrected chi connectivity index (χ2v) is 3.98. The fraction of sp³-hybridized carbons (Fsp3) is 0.600. The van der Waals surface area contributed by atoms with Gasteiger partial charge in [0.05, 0.1) is 6.54 Å². The smallest absolute Gasteiger partial charge is 0.117 e. The number of furan rings is 1. The first-order valence-electron chi connectivity index (χ1n) is 4.73. The molecule has 1 heterocycles. The first kappa shape index (κ1) is 8.78. The fourth-order valence-electron chi connectivity index (χ4n) is 1.35. The summed E-state index contributed by atoms with van der Waals surface area (Å²) >= 11 is 0. The summed E-state index contributed by atoms with van der Waals surface area (Å²) in [4.78, 5) is 0. The third-order valence-corrected chi connectivity index (χ3v) is 2.46. The Bertz CT molecular complexity index is 289. The van der Waals surface area contributed by atoms with Gasteiger partial charge in [-0.25, -0.2) is 0 Å². The fourth-order valence-corrected chi connectivity index (χ4v) is 1.35. The molecule has 1 aliphatic rings. The van der Waals surface area contributed by atoms with Crippen molar-refractivity contribution in [2.75, 3.05) is 6.54 Å². The van der Waals surface area contributed by atoms with E-state index in [1.807, 2.05) is 19.1 Å². The Balaban J connectivity index is 1.73. The van der Waals surface area contributed by atoms with Gasteiger partial charge < -0.3 is 15.5 Å². The van der Waals surface area contributed by atoms with Crippen LogP contribution < -0.4 is 11.1 Å².